The summed E-state index contributed by atoms with van der Waals surface area (Å²) in [6.07, 6.45) is 4.72. The van der Waals surface area contributed by atoms with Gasteiger partial charge in [0.2, 0.25) is 5.91 Å². The fourth-order valence-electron chi connectivity index (χ4n) is 2.15. The highest BCUT2D eigenvalue weighted by atomic mass is 79.9. The van der Waals surface area contributed by atoms with Gasteiger partial charge in [0.25, 0.3) is 5.91 Å². The van der Waals surface area contributed by atoms with Crippen molar-refractivity contribution in [3.05, 3.63) is 28.5 Å². The summed E-state index contributed by atoms with van der Waals surface area (Å²) in [7, 11) is 1.59. The molecule has 1 fully saturated rings. The summed E-state index contributed by atoms with van der Waals surface area (Å²) in [6.45, 7) is 0.617. The smallest absolute Gasteiger partial charge is 0.255 e. The third kappa shape index (κ3) is 2.38. The summed E-state index contributed by atoms with van der Waals surface area (Å²) in [4.78, 5) is 29.7. The lowest BCUT2D eigenvalue weighted by atomic mass is 10.2. The predicted octanol–water partition coefficient (Wildman–Crippen LogP) is 1.19. The van der Waals surface area contributed by atoms with Crippen LogP contribution in [0.4, 0.5) is 0 Å². The molecule has 1 saturated heterocycles. The van der Waals surface area contributed by atoms with Crippen LogP contribution in [0.3, 0.4) is 0 Å². The van der Waals surface area contributed by atoms with Crippen molar-refractivity contribution in [1.29, 1.82) is 0 Å². The zero-order valence-corrected chi connectivity index (χ0v) is 11.6. The molecular formula is C12H14BrN3O2. The summed E-state index contributed by atoms with van der Waals surface area (Å²) < 4.78 is 0.651. The minimum absolute atomic E-state index is 0.106. The van der Waals surface area contributed by atoms with Crippen LogP contribution in [-0.2, 0) is 4.79 Å². The van der Waals surface area contributed by atoms with Crippen LogP contribution in [0.1, 0.15) is 23.2 Å². The molecule has 0 spiro atoms. The van der Waals surface area contributed by atoms with E-state index >= 15 is 0 Å². The average Bonchev–Trinajstić information content (AvgIpc) is 2.86. The first-order chi connectivity index (χ1) is 8.65. The standard InChI is InChI=1S/C12H14BrN3O2/c1-14-11(17)10-3-2-6-16(10)12(18)8-4-5-15-7-9(8)13/h4-5,7,10H,2-3,6H2,1H3,(H,14,17). The molecule has 1 aromatic heterocycles. The lowest BCUT2D eigenvalue weighted by molar-refractivity contribution is -0.124. The predicted molar refractivity (Wildman–Crippen MR) is 70.1 cm³/mol. The Kier molecular flexibility index (Phi) is 3.96. The lowest BCUT2D eigenvalue weighted by Gasteiger charge is -2.23. The number of hydrogen-bond acceptors (Lipinski definition) is 3. The van der Waals surface area contributed by atoms with E-state index in [0.29, 0.717) is 23.0 Å². The number of hydrogen-bond donors (Lipinski definition) is 1. The van der Waals surface area contributed by atoms with Crippen LogP contribution in [0.15, 0.2) is 22.9 Å². The van der Waals surface area contributed by atoms with Crippen molar-refractivity contribution >= 4 is 27.7 Å². The molecule has 1 atom stereocenters. The molecule has 0 aromatic carbocycles. The minimum Gasteiger partial charge on any atom is -0.357 e. The quantitative estimate of drug-likeness (QED) is 0.892. The molecule has 0 saturated carbocycles. The first-order valence-electron chi connectivity index (χ1n) is 5.77. The zero-order valence-electron chi connectivity index (χ0n) is 10.0. The summed E-state index contributed by atoms with van der Waals surface area (Å²) in [6, 6.07) is 1.30. The molecule has 0 radical (unpaired) electrons. The molecule has 1 aliphatic heterocycles. The van der Waals surface area contributed by atoms with Crippen LogP contribution in [0, 0.1) is 0 Å². The third-order valence-corrected chi connectivity index (χ3v) is 3.70. The van der Waals surface area contributed by atoms with Gasteiger partial charge in [0.05, 0.1) is 5.56 Å². The zero-order chi connectivity index (χ0) is 13.1. The van der Waals surface area contributed by atoms with Gasteiger partial charge in [0, 0.05) is 30.5 Å². The summed E-state index contributed by atoms with van der Waals surface area (Å²) in [5.74, 6) is -0.235. The van der Waals surface area contributed by atoms with Gasteiger partial charge in [-0.25, -0.2) is 0 Å². The molecule has 1 N–H and O–H groups in total. The fraction of sp³-hybridized carbons (Fsp3) is 0.417. The Bertz CT molecular complexity index is 478. The number of pyridine rings is 1. The Morgan fingerprint density at radius 3 is 3.00 bits per heavy atom. The summed E-state index contributed by atoms with van der Waals surface area (Å²) >= 11 is 3.31. The molecule has 0 bridgehead atoms. The van der Waals surface area contributed by atoms with Gasteiger partial charge in [-0.3, -0.25) is 14.6 Å². The topological polar surface area (TPSA) is 62.3 Å². The van der Waals surface area contributed by atoms with E-state index in [1.807, 2.05) is 0 Å². The molecule has 2 amide bonds. The Morgan fingerprint density at radius 2 is 2.33 bits per heavy atom. The second-order valence-electron chi connectivity index (χ2n) is 4.13. The number of likely N-dealkylation sites (N-methyl/N-ethyl adjacent to an activating group) is 1. The SMILES string of the molecule is CNC(=O)C1CCCN1C(=O)c1ccncc1Br. The van der Waals surface area contributed by atoms with Gasteiger partial charge in [0.15, 0.2) is 0 Å². The molecule has 1 unspecified atom stereocenters. The van der Waals surface area contributed by atoms with E-state index in [9.17, 15) is 9.59 Å². The van der Waals surface area contributed by atoms with Gasteiger partial charge in [-0.05, 0) is 34.8 Å². The highest BCUT2D eigenvalue weighted by Crippen LogP contribution is 2.23. The lowest BCUT2D eigenvalue weighted by Crippen LogP contribution is -2.45. The average molecular weight is 312 g/mol. The molecule has 1 aromatic rings. The van der Waals surface area contributed by atoms with Crippen molar-refractivity contribution in [2.75, 3.05) is 13.6 Å². The number of likely N-dealkylation sites (tertiary alicyclic amines) is 1. The largest absolute Gasteiger partial charge is 0.357 e. The number of halogens is 1. The summed E-state index contributed by atoms with van der Waals surface area (Å²) in [5, 5.41) is 2.60. The van der Waals surface area contributed by atoms with Crippen molar-refractivity contribution in [3.8, 4) is 0 Å². The van der Waals surface area contributed by atoms with Crippen LogP contribution >= 0.6 is 15.9 Å². The third-order valence-electron chi connectivity index (χ3n) is 3.07. The van der Waals surface area contributed by atoms with Crippen LogP contribution < -0.4 is 5.32 Å². The van der Waals surface area contributed by atoms with Crippen LogP contribution in [0.25, 0.3) is 0 Å². The van der Waals surface area contributed by atoms with Crippen molar-refractivity contribution < 1.29 is 9.59 Å². The van der Waals surface area contributed by atoms with Gasteiger partial charge >= 0.3 is 0 Å². The number of nitrogens with zero attached hydrogens (tertiary/aromatic N) is 2. The van der Waals surface area contributed by atoms with E-state index in [-0.39, 0.29) is 17.9 Å². The molecule has 18 heavy (non-hydrogen) atoms. The van der Waals surface area contributed by atoms with Gasteiger partial charge in [-0.2, -0.15) is 0 Å². The van der Waals surface area contributed by atoms with Gasteiger partial charge in [-0.15, -0.1) is 0 Å². The van der Waals surface area contributed by atoms with E-state index in [4.69, 9.17) is 0 Å². The molecule has 2 heterocycles. The van der Waals surface area contributed by atoms with E-state index in [0.717, 1.165) is 6.42 Å². The number of carbonyl (C=O) groups is 2. The molecule has 2 rings (SSSR count). The molecule has 5 nitrogen and oxygen atoms in total. The normalized spacial score (nSPS) is 18.8. The molecule has 6 heteroatoms. The van der Waals surface area contributed by atoms with Crippen molar-refractivity contribution in [2.45, 2.75) is 18.9 Å². The minimum atomic E-state index is -0.359. The van der Waals surface area contributed by atoms with E-state index in [1.165, 1.54) is 0 Å². The number of amides is 2. The number of carbonyl (C=O) groups excluding carboxylic acids is 2. The first kappa shape index (κ1) is 13.0. The highest BCUT2D eigenvalue weighted by molar-refractivity contribution is 9.10. The Morgan fingerprint density at radius 1 is 1.56 bits per heavy atom. The second-order valence-corrected chi connectivity index (χ2v) is 4.98. The monoisotopic (exact) mass is 311 g/mol. The van der Waals surface area contributed by atoms with Crippen molar-refractivity contribution in [2.24, 2.45) is 0 Å². The Hall–Kier alpha value is -1.43. The summed E-state index contributed by atoms with van der Waals surface area (Å²) in [5.41, 5.74) is 0.542. The van der Waals surface area contributed by atoms with Gasteiger partial charge < -0.3 is 10.2 Å². The maximum absolute atomic E-state index is 12.4. The first-order valence-corrected chi connectivity index (χ1v) is 6.56. The molecule has 0 aliphatic carbocycles. The highest BCUT2D eigenvalue weighted by Gasteiger charge is 2.34. The number of rotatable bonds is 2. The Balaban J connectivity index is 2.23. The van der Waals surface area contributed by atoms with Crippen LogP contribution in [0.2, 0.25) is 0 Å². The van der Waals surface area contributed by atoms with E-state index < -0.39 is 0 Å². The maximum atomic E-state index is 12.4. The molecular weight excluding hydrogens is 298 g/mol. The van der Waals surface area contributed by atoms with Crippen LogP contribution in [-0.4, -0.2) is 41.3 Å². The number of nitrogens with one attached hydrogen (secondary N) is 1. The van der Waals surface area contributed by atoms with E-state index in [2.05, 4.69) is 26.2 Å². The second kappa shape index (κ2) is 5.48. The molecule has 1 aliphatic rings. The van der Waals surface area contributed by atoms with Crippen molar-refractivity contribution in [1.82, 2.24) is 15.2 Å². The molecule has 96 valence electrons. The number of aromatic nitrogens is 1. The van der Waals surface area contributed by atoms with Crippen molar-refractivity contribution in [3.63, 3.8) is 0 Å². The van der Waals surface area contributed by atoms with E-state index in [1.54, 1.807) is 30.4 Å². The Labute approximate surface area is 114 Å². The van der Waals surface area contributed by atoms with Gasteiger partial charge in [-0.1, -0.05) is 0 Å². The van der Waals surface area contributed by atoms with Gasteiger partial charge in [0.1, 0.15) is 6.04 Å². The maximum Gasteiger partial charge on any atom is 0.255 e. The fourth-order valence-corrected chi connectivity index (χ4v) is 2.57. The van der Waals surface area contributed by atoms with Crippen LogP contribution in [0.5, 0.6) is 0 Å².